The molecule has 0 radical (unpaired) electrons. The molecule has 5 heteroatoms. The number of ether oxygens (including phenoxy) is 2. The van der Waals surface area contributed by atoms with Crippen LogP contribution in [0.15, 0.2) is 48.5 Å². The molecule has 1 amide bonds. The number of halogens is 1. The van der Waals surface area contributed by atoms with Gasteiger partial charge in [-0.1, -0.05) is 18.2 Å². The number of carbonyl (C=O) groups is 1. The van der Waals surface area contributed by atoms with Crippen molar-refractivity contribution in [3.8, 4) is 11.5 Å². The fraction of sp³-hybridized carbons (Fsp3) is 0.167. The van der Waals surface area contributed by atoms with Gasteiger partial charge in [-0.25, -0.2) is 4.39 Å². The molecule has 1 aliphatic heterocycles. The molecule has 0 fully saturated rings. The monoisotopic (exact) mass is 313 g/mol. The third-order valence-corrected chi connectivity index (χ3v) is 3.43. The van der Waals surface area contributed by atoms with Crippen LogP contribution >= 0.6 is 0 Å². The SMILES string of the molecule is O=C(/C=C/c1cccc(F)c1)NCCc1ccc2c(c1)OCO2. The molecular formula is C18H16FNO3. The zero-order chi connectivity index (χ0) is 16.1. The lowest BCUT2D eigenvalue weighted by Gasteiger charge is -2.04. The summed E-state index contributed by atoms with van der Waals surface area (Å²) in [5.74, 6) is 0.945. The first-order valence-electron chi connectivity index (χ1n) is 7.31. The summed E-state index contributed by atoms with van der Waals surface area (Å²) in [6.45, 7) is 0.756. The number of fused-ring (bicyclic) bond motifs is 1. The molecule has 0 bridgehead atoms. The molecule has 1 N–H and O–H groups in total. The summed E-state index contributed by atoms with van der Waals surface area (Å²) >= 11 is 0. The fourth-order valence-electron chi connectivity index (χ4n) is 2.27. The van der Waals surface area contributed by atoms with E-state index in [0.717, 1.165) is 17.1 Å². The van der Waals surface area contributed by atoms with Crippen LogP contribution < -0.4 is 14.8 Å². The van der Waals surface area contributed by atoms with Crippen molar-refractivity contribution in [2.45, 2.75) is 6.42 Å². The van der Waals surface area contributed by atoms with E-state index >= 15 is 0 Å². The Labute approximate surface area is 133 Å². The van der Waals surface area contributed by atoms with Crippen molar-refractivity contribution in [3.63, 3.8) is 0 Å². The Morgan fingerprint density at radius 1 is 1.17 bits per heavy atom. The maximum atomic E-state index is 13.0. The standard InChI is InChI=1S/C18H16FNO3/c19-15-3-1-2-13(10-15)5-7-18(21)20-9-8-14-4-6-16-17(11-14)23-12-22-16/h1-7,10-11H,8-9,12H2,(H,20,21)/b7-5+. The van der Waals surface area contributed by atoms with Crippen molar-refractivity contribution >= 4 is 12.0 Å². The van der Waals surface area contributed by atoms with Gasteiger partial charge in [0.25, 0.3) is 0 Å². The second-order valence-corrected chi connectivity index (χ2v) is 5.12. The highest BCUT2D eigenvalue weighted by molar-refractivity contribution is 5.91. The smallest absolute Gasteiger partial charge is 0.244 e. The number of amides is 1. The summed E-state index contributed by atoms with van der Waals surface area (Å²) in [5.41, 5.74) is 1.71. The van der Waals surface area contributed by atoms with E-state index in [2.05, 4.69) is 5.32 Å². The molecule has 23 heavy (non-hydrogen) atoms. The lowest BCUT2D eigenvalue weighted by molar-refractivity contribution is -0.116. The molecule has 0 atom stereocenters. The number of hydrogen-bond acceptors (Lipinski definition) is 3. The molecular weight excluding hydrogens is 297 g/mol. The average molecular weight is 313 g/mol. The van der Waals surface area contributed by atoms with Gasteiger partial charge in [-0.15, -0.1) is 0 Å². The third kappa shape index (κ3) is 4.10. The Balaban J connectivity index is 1.47. The lowest BCUT2D eigenvalue weighted by Crippen LogP contribution is -2.23. The summed E-state index contributed by atoms with van der Waals surface area (Å²) < 4.78 is 23.6. The van der Waals surface area contributed by atoms with E-state index in [0.29, 0.717) is 18.5 Å². The predicted octanol–water partition coefficient (Wildman–Crippen LogP) is 2.93. The number of hydrogen-bond donors (Lipinski definition) is 1. The van der Waals surface area contributed by atoms with E-state index in [9.17, 15) is 9.18 Å². The van der Waals surface area contributed by atoms with Gasteiger partial charge < -0.3 is 14.8 Å². The summed E-state index contributed by atoms with van der Waals surface area (Å²) in [5, 5.41) is 2.79. The van der Waals surface area contributed by atoms with Crippen LogP contribution in [-0.4, -0.2) is 19.2 Å². The number of carbonyl (C=O) groups excluding carboxylic acids is 1. The third-order valence-electron chi connectivity index (χ3n) is 3.43. The van der Waals surface area contributed by atoms with Gasteiger partial charge in [0, 0.05) is 12.6 Å². The average Bonchev–Trinajstić information content (AvgIpc) is 3.01. The topological polar surface area (TPSA) is 47.6 Å². The minimum Gasteiger partial charge on any atom is -0.454 e. The van der Waals surface area contributed by atoms with Gasteiger partial charge in [0.2, 0.25) is 12.7 Å². The molecule has 3 rings (SSSR count). The zero-order valence-corrected chi connectivity index (χ0v) is 12.4. The van der Waals surface area contributed by atoms with Crippen LogP contribution in [-0.2, 0) is 11.2 Å². The normalized spacial score (nSPS) is 12.6. The van der Waals surface area contributed by atoms with Crippen molar-refractivity contribution in [2.24, 2.45) is 0 Å². The van der Waals surface area contributed by atoms with Gasteiger partial charge in [-0.2, -0.15) is 0 Å². The molecule has 0 saturated heterocycles. The fourth-order valence-corrected chi connectivity index (χ4v) is 2.27. The highest BCUT2D eigenvalue weighted by atomic mass is 19.1. The molecule has 0 aromatic heterocycles. The van der Waals surface area contributed by atoms with Crippen LogP contribution in [0.1, 0.15) is 11.1 Å². The van der Waals surface area contributed by atoms with Crippen LogP contribution in [0.4, 0.5) is 4.39 Å². The summed E-state index contributed by atoms with van der Waals surface area (Å²) in [6, 6.07) is 11.8. The van der Waals surface area contributed by atoms with E-state index in [-0.39, 0.29) is 18.5 Å². The lowest BCUT2D eigenvalue weighted by atomic mass is 10.1. The van der Waals surface area contributed by atoms with E-state index in [1.807, 2.05) is 18.2 Å². The van der Waals surface area contributed by atoms with Crippen LogP contribution in [0.5, 0.6) is 11.5 Å². The maximum Gasteiger partial charge on any atom is 0.244 e. The van der Waals surface area contributed by atoms with Gasteiger partial charge in [-0.05, 0) is 47.9 Å². The minimum atomic E-state index is -0.324. The zero-order valence-electron chi connectivity index (χ0n) is 12.4. The second kappa shape index (κ2) is 6.96. The Kier molecular flexibility index (Phi) is 4.57. The molecule has 118 valence electrons. The quantitative estimate of drug-likeness (QED) is 0.863. The van der Waals surface area contributed by atoms with Gasteiger partial charge in [-0.3, -0.25) is 4.79 Å². The Morgan fingerprint density at radius 2 is 2.04 bits per heavy atom. The Bertz CT molecular complexity index is 743. The molecule has 0 unspecified atom stereocenters. The van der Waals surface area contributed by atoms with E-state index in [4.69, 9.17) is 9.47 Å². The van der Waals surface area contributed by atoms with Crippen LogP contribution in [0.3, 0.4) is 0 Å². The van der Waals surface area contributed by atoms with Crippen molar-refractivity contribution < 1.29 is 18.7 Å². The van der Waals surface area contributed by atoms with E-state index in [1.54, 1.807) is 18.2 Å². The maximum absolute atomic E-state index is 13.0. The van der Waals surface area contributed by atoms with Crippen molar-refractivity contribution in [1.29, 1.82) is 0 Å². The molecule has 4 nitrogen and oxygen atoms in total. The van der Waals surface area contributed by atoms with Crippen molar-refractivity contribution in [1.82, 2.24) is 5.32 Å². The van der Waals surface area contributed by atoms with Crippen LogP contribution in [0, 0.1) is 5.82 Å². The van der Waals surface area contributed by atoms with Gasteiger partial charge in [0.1, 0.15) is 5.82 Å². The summed E-state index contributed by atoms with van der Waals surface area (Å²) in [6.07, 6.45) is 3.67. The molecule has 2 aromatic carbocycles. The van der Waals surface area contributed by atoms with E-state index < -0.39 is 0 Å². The first-order chi connectivity index (χ1) is 11.2. The second-order valence-electron chi connectivity index (χ2n) is 5.12. The molecule has 1 aliphatic rings. The molecule has 1 heterocycles. The summed E-state index contributed by atoms with van der Waals surface area (Å²) in [4.78, 5) is 11.7. The molecule has 0 spiro atoms. The van der Waals surface area contributed by atoms with Crippen molar-refractivity contribution in [3.05, 3.63) is 65.5 Å². The number of rotatable bonds is 5. The molecule has 0 saturated carbocycles. The van der Waals surface area contributed by atoms with Gasteiger partial charge >= 0.3 is 0 Å². The Hall–Kier alpha value is -2.82. The van der Waals surface area contributed by atoms with E-state index in [1.165, 1.54) is 18.2 Å². The number of nitrogens with one attached hydrogen (secondary N) is 1. The minimum absolute atomic E-state index is 0.213. The Morgan fingerprint density at radius 3 is 2.91 bits per heavy atom. The van der Waals surface area contributed by atoms with Crippen LogP contribution in [0.2, 0.25) is 0 Å². The highest BCUT2D eigenvalue weighted by Gasteiger charge is 2.12. The van der Waals surface area contributed by atoms with Crippen LogP contribution in [0.25, 0.3) is 6.08 Å². The first-order valence-corrected chi connectivity index (χ1v) is 7.31. The molecule has 2 aromatic rings. The van der Waals surface area contributed by atoms with Gasteiger partial charge in [0.15, 0.2) is 11.5 Å². The molecule has 0 aliphatic carbocycles. The first kappa shape index (κ1) is 15.1. The highest BCUT2D eigenvalue weighted by Crippen LogP contribution is 2.32. The van der Waals surface area contributed by atoms with Crippen molar-refractivity contribution in [2.75, 3.05) is 13.3 Å². The predicted molar refractivity (Wildman–Crippen MR) is 84.7 cm³/mol. The van der Waals surface area contributed by atoms with Gasteiger partial charge in [0.05, 0.1) is 0 Å². The summed E-state index contributed by atoms with van der Waals surface area (Å²) in [7, 11) is 0. The largest absolute Gasteiger partial charge is 0.454 e. The number of benzene rings is 2.